The number of hydrogen-bond acceptors (Lipinski definition) is 3. The second kappa shape index (κ2) is 4.30. The van der Waals surface area contributed by atoms with Gasteiger partial charge in [-0.25, -0.2) is 4.79 Å². The molecule has 0 aliphatic heterocycles. The average molecular weight is 245 g/mol. The summed E-state index contributed by atoms with van der Waals surface area (Å²) in [5.41, 5.74) is 0.523. The molecule has 0 spiro atoms. The van der Waals surface area contributed by atoms with Crippen LogP contribution in [-0.4, -0.2) is 18.6 Å². The summed E-state index contributed by atoms with van der Waals surface area (Å²) in [4.78, 5) is 12.2. The maximum atomic E-state index is 12.2. The third-order valence-corrected chi connectivity index (χ3v) is 4.54. The summed E-state index contributed by atoms with van der Waals surface area (Å²) in [5, 5.41) is 3.46. The lowest BCUT2D eigenvalue weighted by molar-refractivity contribution is -0.148. The molecule has 1 N–H and O–H groups in total. The molecular formula is C15H19NO2. The highest BCUT2D eigenvalue weighted by atomic mass is 16.5. The third kappa shape index (κ3) is 1.69. The first-order chi connectivity index (χ1) is 8.74. The highest BCUT2D eigenvalue weighted by Crippen LogP contribution is 2.52. The minimum Gasteiger partial charge on any atom is -0.467 e. The zero-order valence-corrected chi connectivity index (χ0v) is 10.7. The van der Waals surface area contributed by atoms with E-state index in [0.717, 1.165) is 24.9 Å². The molecule has 0 saturated heterocycles. The fourth-order valence-corrected chi connectivity index (χ4v) is 3.75. The summed E-state index contributed by atoms with van der Waals surface area (Å²) in [6.07, 6.45) is 4.48. The molecule has 96 valence electrons. The predicted molar refractivity (Wildman–Crippen MR) is 70.3 cm³/mol. The van der Waals surface area contributed by atoms with Crippen molar-refractivity contribution < 1.29 is 9.53 Å². The molecule has 0 heterocycles. The number of anilines is 1. The summed E-state index contributed by atoms with van der Waals surface area (Å²) in [7, 11) is 1.49. The molecule has 3 rings (SSSR count). The second-order valence-corrected chi connectivity index (χ2v) is 5.53. The smallest absolute Gasteiger partial charge is 0.331 e. The molecule has 2 aliphatic carbocycles. The quantitative estimate of drug-likeness (QED) is 0.832. The van der Waals surface area contributed by atoms with Gasteiger partial charge in [0.1, 0.15) is 5.54 Å². The first kappa shape index (κ1) is 11.6. The van der Waals surface area contributed by atoms with Crippen LogP contribution in [0, 0.1) is 11.8 Å². The average Bonchev–Trinajstić information content (AvgIpc) is 3.00. The normalized spacial score (nSPS) is 33.4. The van der Waals surface area contributed by atoms with E-state index in [1.807, 2.05) is 30.3 Å². The summed E-state index contributed by atoms with van der Waals surface area (Å²) in [5.74, 6) is 1.01. The van der Waals surface area contributed by atoms with E-state index < -0.39 is 5.54 Å². The van der Waals surface area contributed by atoms with Gasteiger partial charge in [0.05, 0.1) is 7.11 Å². The van der Waals surface area contributed by atoms with Gasteiger partial charge in [-0.2, -0.15) is 0 Å². The lowest BCUT2D eigenvalue weighted by atomic mass is 9.80. The molecule has 2 aliphatic rings. The molecule has 1 aromatic rings. The molecule has 18 heavy (non-hydrogen) atoms. The SMILES string of the molecule is COC(=O)C1(Nc2ccccc2)CC2CCC1C2. The zero-order valence-electron chi connectivity index (χ0n) is 10.7. The number of benzene rings is 1. The van der Waals surface area contributed by atoms with E-state index in [1.54, 1.807) is 0 Å². The maximum absolute atomic E-state index is 12.2. The van der Waals surface area contributed by atoms with Crippen LogP contribution < -0.4 is 5.32 Å². The Kier molecular flexibility index (Phi) is 2.77. The molecule has 2 saturated carbocycles. The Morgan fingerprint density at radius 2 is 2.11 bits per heavy atom. The first-order valence-electron chi connectivity index (χ1n) is 6.66. The van der Waals surface area contributed by atoms with Crippen molar-refractivity contribution in [3.63, 3.8) is 0 Å². The second-order valence-electron chi connectivity index (χ2n) is 5.53. The van der Waals surface area contributed by atoms with Crippen LogP contribution in [0.2, 0.25) is 0 Å². The van der Waals surface area contributed by atoms with Crippen molar-refractivity contribution in [3.05, 3.63) is 30.3 Å². The van der Waals surface area contributed by atoms with Crippen LogP contribution in [0.4, 0.5) is 5.69 Å². The van der Waals surface area contributed by atoms with Crippen molar-refractivity contribution in [2.75, 3.05) is 12.4 Å². The van der Waals surface area contributed by atoms with E-state index in [-0.39, 0.29) is 5.97 Å². The van der Waals surface area contributed by atoms with Gasteiger partial charge in [-0.3, -0.25) is 0 Å². The number of esters is 1. The molecule has 0 aromatic heterocycles. The molecule has 3 unspecified atom stereocenters. The number of methoxy groups -OCH3 is 1. The fourth-order valence-electron chi connectivity index (χ4n) is 3.75. The van der Waals surface area contributed by atoms with Gasteiger partial charge in [-0.05, 0) is 49.7 Å². The van der Waals surface area contributed by atoms with E-state index in [0.29, 0.717) is 11.8 Å². The predicted octanol–water partition coefficient (Wildman–Crippen LogP) is 2.83. The Morgan fingerprint density at radius 1 is 1.33 bits per heavy atom. The zero-order chi connectivity index (χ0) is 12.6. The summed E-state index contributed by atoms with van der Waals surface area (Å²) in [6, 6.07) is 9.98. The Balaban J connectivity index is 1.90. The Bertz CT molecular complexity index is 445. The van der Waals surface area contributed by atoms with Gasteiger partial charge in [0.15, 0.2) is 0 Å². The van der Waals surface area contributed by atoms with Crippen molar-refractivity contribution in [1.29, 1.82) is 0 Å². The van der Waals surface area contributed by atoms with Crippen LogP contribution in [0.5, 0.6) is 0 Å². The monoisotopic (exact) mass is 245 g/mol. The van der Waals surface area contributed by atoms with Gasteiger partial charge in [-0.1, -0.05) is 18.2 Å². The van der Waals surface area contributed by atoms with Gasteiger partial charge in [0.25, 0.3) is 0 Å². The van der Waals surface area contributed by atoms with E-state index >= 15 is 0 Å². The van der Waals surface area contributed by atoms with E-state index in [1.165, 1.54) is 13.5 Å². The topological polar surface area (TPSA) is 38.3 Å². The van der Waals surface area contributed by atoms with Crippen molar-refractivity contribution in [2.24, 2.45) is 11.8 Å². The first-order valence-corrected chi connectivity index (χ1v) is 6.66. The fraction of sp³-hybridized carbons (Fsp3) is 0.533. The number of carbonyl (C=O) groups excluding carboxylic acids is 1. The van der Waals surface area contributed by atoms with Crippen LogP contribution >= 0.6 is 0 Å². The summed E-state index contributed by atoms with van der Waals surface area (Å²) < 4.78 is 5.06. The van der Waals surface area contributed by atoms with Crippen LogP contribution in [0.1, 0.15) is 25.7 Å². The highest BCUT2D eigenvalue weighted by molar-refractivity contribution is 5.85. The van der Waals surface area contributed by atoms with Gasteiger partial charge in [0.2, 0.25) is 0 Å². The van der Waals surface area contributed by atoms with Crippen LogP contribution in [0.25, 0.3) is 0 Å². The molecule has 3 nitrogen and oxygen atoms in total. The number of para-hydroxylation sites is 1. The summed E-state index contributed by atoms with van der Waals surface area (Å²) in [6.45, 7) is 0. The molecule has 3 atom stereocenters. The lowest BCUT2D eigenvalue weighted by Crippen LogP contribution is -2.51. The number of nitrogens with one attached hydrogen (secondary N) is 1. The number of rotatable bonds is 3. The van der Waals surface area contributed by atoms with E-state index in [9.17, 15) is 4.79 Å². The van der Waals surface area contributed by atoms with Crippen LogP contribution in [-0.2, 0) is 9.53 Å². The minimum absolute atomic E-state index is 0.0986. The van der Waals surface area contributed by atoms with Crippen LogP contribution in [0.3, 0.4) is 0 Å². The van der Waals surface area contributed by atoms with E-state index in [4.69, 9.17) is 4.74 Å². The summed E-state index contributed by atoms with van der Waals surface area (Å²) >= 11 is 0. The van der Waals surface area contributed by atoms with Gasteiger partial charge in [0, 0.05) is 5.69 Å². The largest absolute Gasteiger partial charge is 0.467 e. The van der Waals surface area contributed by atoms with Crippen molar-refractivity contribution in [3.8, 4) is 0 Å². The van der Waals surface area contributed by atoms with Crippen LogP contribution in [0.15, 0.2) is 30.3 Å². The van der Waals surface area contributed by atoms with Gasteiger partial charge >= 0.3 is 5.97 Å². The van der Waals surface area contributed by atoms with Crippen molar-refractivity contribution in [2.45, 2.75) is 31.2 Å². The number of fused-ring (bicyclic) bond motifs is 2. The number of carbonyl (C=O) groups is 1. The molecule has 2 fully saturated rings. The molecular weight excluding hydrogens is 226 g/mol. The maximum Gasteiger partial charge on any atom is 0.331 e. The number of ether oxygens (including phenoxy) is 1. The molecule has 3 heteroatoms. The molecule has 2 bridgehead atoms. The Labute approximate surface area is 108 Å². The number of hydrogen-bond donors (Lipinski definition) is 1. The minimum atomic E-state index is -0.487. The molecule has 0 amide bonds. The van der Waals surface area contributed by atoms with Crippen molar-refractivity contribution >= 4 is 11.7 Å². The lowest BCUT2D eigenvalue weighted by Gasteiger charge is -2.36. The highest BCUT2D eigenvalue weighted by Gasteiger charge is 2.56. The molecule has 0 radical (unpaired) electrons. The molecule has 1 aromatic carbocycles. The van der Waals surface area contributed by atoms with Gasteiger partial charge in [-0.15, -0.1) is 0 Å². The standard InChI is InChI=1S/C15H19NO2/c1-18-14(17)15(10-11-7-8-12(15)9-11)16-13-5-3-2-4-6-13/h2-6,11-12,16H,7-10H2,1H3. The third-order valence-electron chi connectivity index (χ3n) is 4.54. The Hall–Kier alpha value is -1.51. The van der Waals surface area contributed by atoms with Crippen molar-refractivity contribution in [1.82, 2.24) is 0 Å². The van der Waals surface area contributed by atoms with E-state index in [2.05, 4.69) is 5.32 Å². The van der Waals surface area contributed by atoms with Gasteiger partial charge < -0.3 is 10.1 Å². The Morgan fingerprint density at radius 3 is 2.67 bits per heavy atom.